The summed E-state index contributed by atoms with van der Waals surface area (Å²) < 4.78 is 21.3. The van der Waals surface area contributed by atoms with E-state index in [0.29, 0.717) is 54.6 Å². The highest BCUT2D eigenvalue weighted by molar-refractivity contribution is 7.99. The lowest BCUT2D eigenvalue weighted by atomic mass is 9.85. The van der Waals surface area contributed by atoms with Crippen LogP contribution in [0.4, 0.5) is 0 Å². The summed E-state index contributed by atoms with van der Waals surface area (Å²) >= 11 is 1.54. The van der Waals surface area contributed by atoms with Crippen molar-refractivity contribution in [2.24, 2.45) is 35.3 Å². The first-order valence-electron chi connectivity index (χ1n) is 28.7. The number of hydrogen-bond acceptors (Lipinski definition) is 18. The Bertz CT molecular complexity index is 2970. The number of aromatic nitrogens is 1. The number of thioether (sulfide) groups is 1. The summed E-state index contributed by atoms with van der Waals surface area (Å²) in [6, 6.07) is -3.68. The molecule has 1 aromatic heterocycles. The molecule has 0 aliphatic carbocycles. The summed E-state index contributed by atoms with van der Waals surface area (Å²) in [6.45, 7) is 4.56. The minimum Gasteiger partial charge on any atom is -0.496 e. The van der Waals surface area contributed by atoms with Crippen LogP contribution in [0, 0.1) is 29.6 Å². The van der Waals surface area contributed by atoms with Gasteiger partial charge in [0.25, 0.3) is 0 Å². The van der Waals surface area contributed by atoms with Gasteiger partial charge >= 0.3 is 0 Å². The number of H-pyrrole nitrogens is 1. The normalized spacial score (nSPS) is 27.8. The van der Waals surface area contributed by atoms with Crippen LogP contribution in [0.5, 0.6) is 5.75 Å². The monoisotopic (exact) mass is 1230 g/mol. The van der Waals surface area contributed by atoms with E-state index in [0.717, 1.165) is 9.80 Å². The molecule has 1 aromatic carbocycles. The van der Waals surface area contributed by atoms with Crippen molar-refractivity contribution < 1.29 is 81.8 Å². The molecule has 7 rings (SSSR count). The highest BCUT2D eigenvalue weighted by Gasteiger charge is 2.45. The van der Waals surface area contributed by atoms with Gasteiger partial charge in [-0.25, -0.2) is 0 Å². The molecule has 3 fully saturated rings. The van der Waals surface area contributed by atoms with Gasteiger partial charge in [0, 0.05) is 104 Å². The lowest BCUT2D eigenvalue weighted by molar-refractivity contribution is -0.144. The maximum Gasteiger partial charge on any atom is 0.246 e. The third kappa shape index (κ3) is 15.8. The Morgan fingerprint density at radius 2 is 1.60 bits per heavy atom. The molecule has 12 atom stereocenters. The maximum absolute atomic E-state index is 15.4. The van der Waals surface area contributed by atoms with E-state index >= 15 is 9.00 Å². The van der Waals surface area contributed by atoms with Gasteiger partial charge in [-0.05, 0) is 42.9 Å². The van der Waals surface area contributed by atoms with Crippen LogP contribution in [-0.4, -0.2) is 210 Å². The number of aliphatic hydroxyl groups excluding tert-OH is 3. The number of methoxy groups -OCH3 is 1. The fourth-order valence-corrected chi connectivity index (χ4v) is 14.3. The Morgan fingerprint density at radius 3 is 2.25 bits per heavy atom. The second-order valence-electron chi connectivity index (χ2n) is 22.8. The van der Waals surface area contributed by atoms with Crippen LogP contribution in [-0.2, 0) is 80.5 Å². The van der Waals surface area contributed by atoms with Crippen LogP contribution in [0.15, 0.2) is 17.2 Å². The SMILES string of the molecule is CC[C@H](C)[C@@H]1CC(=O)CNC(=O)[C@H]2CC(=O)[C@H]([C@@H](C)[C@@H](O)CO)NC(=O)[C@@H]3C[C@@H](O)CN3C(=O)[C@H](CC(N)=O)NC(=O)[C@H](CS(=O)c3[nH]c4c(CSC5CCN(C(=O)CCN6C(=O)CC(C)C6=O)CC5)c(OC)ccc4c3C2)NC(=O)CNC1=O. The van der Waals surface area contributed by atoms with E-state index in [-0.39, 0.29) is 65.1 Å². The number of ether oxygens (including phenoxy) is 1. The summed E-state index contributed by atoms with van der Waals surface area (Å²) in [7, 11) is -0.980. The number of fused-ring (bicyclic) bond motifs is 5. The van der Waals surface area contributed by atoms with Crippen molar-refractivity contribution in [3.8, 4) is 5.75 Å². The number of carbonyl (C=O) groups excluding carboxylic acids is 12. The summed E-state index contributed by atoms with van der Waals surface area (Å²) in [6.07, 6.45) is -4.15. The molecule has 29 heteroatoms. The smallest absolute Gasteiger partial charge is 0.246 e. The molecule has 2 aromatic rings. The number of imide groups is 1. The van der Waals surface area contributed by atoms with Crippen molar-refractivity contribution in [2.75, 3.05) is 58.7 Å². The molecule has 0 radical (unpaired) electrons. The van der Waals surface area contributed by atoms with Gasteiger partial charge in [0.2, 0.25) is 59.1 Å². The second-order valence-corrected chi connectivity index (χ2v) is 25.5. The maximum atomic E-state index is 15.4. The van der Waals surface area contributed by atoms with Crippen LogP contribution < -0.4 is 37.1 Å². The first kappa shape index (κ1) is 65.7. The molecular weight excluding hydrogens is 1150 g/mol. The van der Waals surface area contributed by atoms with Crippen molar-refractivity contribution in [1.82, 2.24) is 46.3 Å². The van der Waals surface area contributed by atoms with E-state index in [1.807, 2.05) is 0 Å². The zero-order valence-corrected chi connectivity index (χ0v) is 49.9. The highest BCUT2D eigenvalue weighted by atomic mass is 32.2. The first-order valence-corrected chi connectivity index (χ1v) is 31.1. The molecule has 5 aliphatic rings. The van der Waals surface area contributed by atoms with Crippen molar-refractivity contribution >= 4 is 104 Å². The second kappa shape index (κ2) is 29.0. The number of piperidine rings is 1. The molecule has 0 spiro atoms. The molecule has 6 heterocycles. The number of nitrogens with two attached hydrogens (primary N) is 1. The molecule has 3 saturated heterocycles. The fourth-order valence-electron chi connectivity index (χ4n) is 11.6. The Labute approximate surface area is 497 Å². The zero-order valence-electron chi connectivity index (χ0n) is 48.3. The molecular formula is C56H78N10O17S2. The summed E-state index contributed by atoms with van der Waals surface area (Å²) in [4.78, 5) is 173. The predicted molar refractivity (Wildman–Crippen MR) is 306 cm³/mol. The van der Waals surface area contributed by atoms with Gasteiger partial charge in [0.1, 0.15) is 28.9 Å². The third-order valence-corrected chi connectivity index (χ3v) is 19.8. The van der Waals surface area contributed by atoms with Crippen LogP contribution in [0.2, 0.25) is 0 Å². The lowest BCUT2D eigenvalue weighted by Crippen LogP contribution is -2.60. The van der Waals surface area contributed by atoms with Gasteiger partial charge in [0.15, 0.2) is 11.6 Å². The standard InChI is InChI=1S/C56H78N10O17S2/c1-6-27(2)35-18-31(68)21-58-50(76)30-16-36-34-7-8-43(83-5)37(25-84-33-9-12-64(13-10-33)46(74)11-14-65-47(75)15-28(3)55(65)80)49(34)63-54(36)85(82)26-39(60-45(73)22-59-51(35)77)52(78)61-38(20-44(57)72)56(81)66-23-32(69)19-40(66)53(79)62-48(41(70)17-30)29(4)42(71)24-67/h7-8,27-30,32-33,35,38-40,42,48,63,67,69,71H,6,9-26H2,1-5H3,(H2,57,72)(H,58,76)(H,59,77)(H,60,73)(H,61,78)(H,62,79)/t27-,28?,29-,30+,32+,35-,38-,39-,40-,42-,48-,85?/m0/s1. The number of amides is 10. The molecule has 10 amide bonds. The number of carbonyl (C=O) groups is 12. The predicted octanol–water partition coefficient (Wildman–Crippen LogP) is -2.43. The van der Waals surface area contributed by atoms with E-state index in [1.165, 1.54) is 14.0 Å². The van der Waals surface area contributed by atoms with E-state index in [1.54, 1.807) is 49.6 Å². The van der Waals surface area contributed by atoms with E-state index in [4.69, 9.17) is 10.5 Å². The van der Waals surface area contributed by atoms with Crippen molar-refractivity contribution in [3.63, 3.8) is 0 Å². The van der Waals surface area contributed by atoms with Crippen LogP contribution in [0.3, 0.4) is 0 Å². The van der Waals surface area contributed by atoms with E-state index in [9.17, 15) is 68.1 Å². The van der Waals surface area contributed by atoms with Crippen molar-refractivity contribution in [2.45, 2.75) is 144 Å². The van der Waals surface area contributed by atoms with Gasteiger partial charge in [0.05, 0.1) is 73.5 Å². The number of likely N-dealkylation sites (tertiary alicyclic amines) is 2. The average molecular weight is 1230 g/mol. The van der Waals surface area contributed by atoms with Gasteiger partial charge in [-0.1, -0.05) is 34.1 Å². The van der Waals surface area contributed by atoms with Crippen LogP contribution in [0.1, 0.15) is 96.6 Å². The highest BCUT2D eigenvalue weighted by Crippen LogP contribution is 2.39. The van der Waals surface area contributed by atoms with Gasteiger partial charge in [-0.15, -0.1) is 0 Å². The van der Waals surface area contributed by atoms with E-state index in [2.05, 4.69) is 31.6 Å². The quantitative estimate of drug-likeness (QED) is 0.0880. The van der Waals surface area contributed by atoms with Crippen LogP contribution >= 0.6 is 11.8 Å². The Morgan fingerprint density at radius 1 is 0.894 bits per heavy atom. The molecule has 466 valence electrons. The number of nitrogens with one attached hydrogen (secondary N) is 6. The van der Waals surface area contributed by atoms with Crippen molar-refractivity contribution in [1.29, 1.82) is 0 Å². The topological polar surface area (TPSA) is 404 Å². The number of hydrogen-bond donors (Lipinski definition) is 10. The number of primary amides is 1. The Kier molecular flexibility index (Phi) is 22.5. The minimum atomic E-state index is -2.42. The number of aromatic amines is 1. The van der Waals surface area contributed by atoms with Gasteiger partial charge in [-0.3, -0.25) is 66.6 Å². The third-order valence-electron chi connectivity index (χ3n) is 16.9. The molecule has 0 saturated carbocycles. The largest absolute Gasteiger partial charge is 0.496 e. The number of benzene rings is 1. The average Bonchev–Trinajstić information content (AvgIpc) is 4.01. The molecule has 2 bridgehead atoms. The van der Waals surface area contributed by atoms with Gasteiger partial charge < -0.3 is 67.2 Å². The molecule has 85 heavy (non-hydrogen) atoms. The number of Topliss-reactive ketones (excluding diaryl/α,β-unsaturated/α-hetero) is 2. The van der Waals surface area contributed by atoms with E-state index < -0.39 is 187 Å². The Hall–Kier alpha value is -6.82. The zero-order chi connectivity index (χ0) is 62.1. The summed E-state index contributed by atoms with van der Waals surface area (Å²) in [5, 5.41) is 44.9. The van der Waals surface area contributed by atoms with Gasteiger partial charge in [-0.2, -0.15) is 11.8 Å². The number of rotatable bonds is 14. The number of nitrogens with zero attached hydrogens (tertiary/aromatic N) is 3. The lowest BCUT2D eigenvalue weighted by Gasteiger charge is -2.32. The minimum absolute atomic E-state index is 0.00327. The molecule has 27 nitrogen and oxygen atoms in total. The number of ketones is 2. The molecule has 5 aliphatic heterocycles. The fraction of sp³-hybridized carbons (Fsp3) is 0.643. The Balaban J connectivity index is 1.32. The number of aliphatic hydroxyl groups is 3. The summed E-state index contributed by atoms with van der Waals surface area (Å²) in [5.74, 6) is -13.9. The molecule has 2 unspecified atom stereocenters. The molecule has 11 N–H and O–H groups in total. The van der Waals surface area contributed by atoms with Crippen molar-refractivity contribution in [3.05, 3.63) is 23.3 Å². The first-order chi connectivity index (χ1) is 40.3. The van der Waals surface area contributed by atoms with Crippen LogP contribution in [0.25, 0.3) is 10.9 Å². The summed E-state index contributed by atoms with van der Waals surface area (Å²) in [5.41, 5.74) is 6.70.